The lowest BCUT2D eigenvalue weighted by molar-refractivity contribution is -0.132. The molecule has 24 heavy (non-hydrogen) atoms. The van der Waals surface area contributed by atoms with Crippen LogP contribution in [0.15, 0.2) is 30.3 Å². The summed E-state index contributed by atoms with van der Waals surface area (Å²) in [5.41, 5.74) is 1.38. The van der Waals surface area contributed by atoms with Crippen molar-refractivity contribution in [3.63, 3.8) is 0 Å². The van der Waals surface area contributed by atoms with Crippen LogP contribution in [0, 0.1) is 0 Å². The van der Waals surface area contributed by atoms with Crippen molar-refractivity contribution in [1.29, 1.82) is 0 Å². The third-order valence-corrected chi connectivity index (χ3v) is 5.03. The standard InChI is InChI=1S/C19H29N3O.ClH/c23-19(22-10-6-1-2-7-11-22)17-21-14-12-20(13-15-21)16-18-8-4-3-5-9-18;/h3-5,8-9H,1-2,6-7,10-17H2;1H. The molecule has 0 saturated carbocycles. The van der Waals surface area contributed by atoms with E-state index >= 15 is 0 Å². The average Bonchev–Trinajstić information content (AvgIpc) is 2.87. The van der Waals surface area contributed by atoms with Crippen LogP contribution in [0.4, 0.5) is 0 Å². The zero-order valence-electron chi connectivity index (χ0n) is 14.5. The van der Waals surface area contributed by atoms with E-state index in [-0.39, 0.29) is 12.4 Å². The Morgan fingerprint density at radius 2 is 1.38 bits per heavy atom. The van der Waals surface area contributed by atoms with Crippen molar-refractivity contribution in [2.75, 3.05) is 45.8 Å². The number of likely N-dealkylation sites (tertiary alicyclic amines) is 1. The fourth-order valence-electron chi connectivity index (χ4n) is 3.56. The van der Waals surface area contributed by atoms with Crippen molar-refractivity contribution >= 4 is 18.3 Å². The highest BCUT2D eigenvalue weighted by atomic mass is 35.5. The lowest BCUT2D eigenvalue weighted by Crippen LogP contribution is -2.49. The molecule has 4 nitrogen and oxygen atoms in total. The molecule has 5 heteroatoms. The molecule has 0 aromatic heterocycles. The highest BCUT2D eigenvalue weighted by molar-refractivity contribution is 5.85. The van der Waals surface area contributed by atoms with Crippen molar-refractivity contribution < 1.29 is 4.79 Å². The van der Waals surface area contributed by atoms with Gasteiger partial charge < -0.3 is 4.90 Å². The lowest BCUT2D eigenvalue weighted by Gasteiger charge is -2.35. The summed E-state index contributed by atoms with van der Waals surface area (Å²) in [6.07, 6.45) is 4.91. The van der Waals surface area contributed by atoms with Crippen LogP contribution in [-0.2, 0) is 11.3 Å². The SMILES string of the molecule is Cl.O=C(CN1CCN(Cc2ccccc2)CC1)N1CCCCCC1. The average molecular weight is 352 g/mol. The molecule has 1 amide bonds. The minimum absolute atomic E-state index is 0. The molecule has 0 atom stereocenters. The monoisotopic (exact) mass is 351 g/mol. The van der Waals surface area contributed by atoms with E-state index in [9.17, 15) is 4.79 Å². The van der Waals surface area contributed by atoms with Crippen LogP contribution in [0.25, 0.3) is 0 Å². The summed E-state index contributed by atoms with van der Waals surface area (Å²) in [4.78, 5) is 19.4. The van der Waals surface area contributed by atoms with Crippen LogP contribution in [0.1, 0.15) is 31.2 Å². The number of carbonyl (C=O) groups is 1. The Bertz CT molecular complexity index is 481. The summed E-state index contributed by atoms with van der Waals surface area (Å²) in [5.74, 6) is 0.336. The minimum Gasteiger partial charge on any atom is -0.342 e. The molecule has 2 fully saturated rings. The molecule has 1 aromatic carbocycles. The molecule has 134 valence electrons. The van der Waals surface area contributed by atoms with Crippen molar-refractivity contribution in [2.24, 2.45) is 0 Å². The molecule has 0 spiro atoms. The summed E-state index contributed by atoms with van der Waals surface area (Å²) >= 11 is 0. The van der Waals surface area contributed by atoms with E-state index in [1.807, 2.05) is 0 Å². The molecule has 0 unspecified atom stereocenters. The highest BCUT2D eigenvalue weighted by Gasteiger charge is 2.22. The smallest absolute Gasteiger partial charge is 0.236 e. The maximum Gasteiger partial charge on any atom is 0.236 e. The Hall–Kier alpha value is -1.10. The summed E-state index contributed by atoms with van der Waals surface area (Å²) in [7, 11) is 0. The molecule has 2 heterocycles. The number of benzene rings is 1. The maximum atomic E-state index is 12.5. The number of amides is 1. The first-order chi connectivity index (χ1) is 11.3. The molecule has 0 radical (unpaired) electrons. The van der Waals surface area contributed by atoms with Gasteiger partial charge in [-0.1, -0.05) is 43.2 Å². The molecule has 0 aliphatic carbocycles. The van der Waals surface area contributed by atoms with Crippen molar-refractivity contribution in [2.45, 2.75) is 32.2 Å². The van der Waals surface area contributed by atoms with Gasteiger partial charge in [0.2, 0.25) is 5.91 Å². The minimum atomic E-state index is 0. The van der Waals surface area contributed by atoms with Gasteiger partial charge in [-0.25, -0.2) is 0 Å². The Balaban J connectivity index is 0.00000208. The number of nitrogens with zero attached hydrogens (tertiary/aromatic N) is 3. The third kappa shape index (κ3) is 5.76. The quantitative estimate of drug-likeness (QED) is 0.834. The van der Waals surface area contributed by atoms with E-state index in [0.29, 0.717) is 12.5 Å². The van der Waals surface area contributed by atoms with Gasteiger partial charge in [0.1, 0.15) is 0 Å². The van der Waals surface area contributed by atoms with E-state index < -0.39 is 0 Å². The van der Waals surface area contributed by atoms with Gasteiger partial charge in [-0.3, -0.25) is 14.6 Å². The van der Waals surface area contributed by atoms with E-state index in [2.05, 4.69) is 45.0 Å². The number of piperazine rings is 1. The van der Waals surface area contributed by atoms with Gasteiger partial charge in [-0.05, 0) is 18.4 Å². The molecule has 2 saturated heterocycles. The first-order valence-corrected chi connectivity index (χ1v) is 9.08. The predicted molar refractivity (Wildman–Crippen MR) is 100 cm³/mol. The van der Waals surface area contributed by atoms with E-state index in [1.54, 1.807) is 0 Å². The molecule has 0 N–H and O–H groups in total. The van der Waals surface area contributed by atoms with Gasteiger partial charge >= 0.3 is 0 Å². The third-order valence-electron chi connectivity index (χ3n) is 5.03. The highest BCUT2D eigenvalue weighted by Crippen LogP contribution is 2.12. The van der Waals surface area contributed by atoms with Crippen LogP contribution in [0.2, 0.25) is 0 Å². The number of halogens is 1. The van der Waals surface area contributed by atoms with Gasteiger partial charge in [-0.2, -0.15) is 0 Å². The van der Waals surface area contributed by atoms with Crippen LogP contribution >= 0.6 is 12.4 Å². The first kappa shape index (κ1) is 19.2. The van der Waals surface area contributed by atoms with Crippen LogP contribution in [0.5, 0.6) is 0 Å². The predicted octanol–water partition coefficient (Wildman–Crippen LogP) is 2.63. The number of hydrogen-bond donors (Lipinski definition) is 0. The van der Waals surface area contributed by atoms with Crippen LogP contribution in [0.3, 0.4) is 0 Å². The van der Waals surface area contributed by atoms with Gasteiger partial charge in [-0.15, -0.1) is 12.4 Å². The van der Waals surface area contributed by atoms with Crippen LogP contribution < -0.4 is 0 Å². The number of carbonyl (C=O) groups excluding carboxylic acids is 1. The summed E-state index contributed by atoms with van der Waals surface area (Å²) in [6, 6.07) is 10.7. The molecule has 2 aliphatic heterocycles. The molecular formula is C19H30ClN3O. The lowest BCUT2D eigenvalue weighted by atomic mass is 10.2. The zero-order chi connectivity index (χ0) is 15.9. The number of rotatable bonds is 4. The van der Waals surface area contributed by atoms with E-state index in [4.69, 9.17) is 0 Å². The Morgan fingerprint density at radius 3 is 2.00 bits per heavy atom. The zero-order valence-corrected chi connectivity index (χ0v) is 15.3. The van der Waals surface area contributed by atoms with Gasteiger partial charge in [0, 0.05) is 45.8 Å². The number of hydrogen-bond acceptors (Lipinski definition) is 3. The van der Waals surface area contributed by atoms with Crippen molar-refractivity contribution in [3.8, 4) is 0 Å². The molecular weight excluding hydrogens is 322 g/mol. The van der Waals surface area contributed by atoms with Gasteiger partial charge in [0.25, 0.3) is 0 Å². The maximum absolute atomic E-state index is 12.5. The Labute approximate surface area is 152 Å². The topological polar surface area (TPSA) is 26.8 Å². The first-order valence-electron chi connectivity index (χ1n) is 9.08. The fourth-order valence-corrected chi connectivity index (χ4v) is 3.56. The molecule has 3 rings (SSSR count). The second-order valence-electron chi connectivity index (χ2n) is 6.83. The summed E-state index contributed by atoms with van der Waals surface area (Å²) in [5, 5.41) is 0. The Morgan fingerprint density at radius 1 is 0.792 bits per heavy atom. The second-order valence-corrected chi connectivity index (χ2v) is 6.83. The second kappa shape index (κ2) is 10.0. The van der Waals surface area contributed by atoms with Crippen LogP contribution in [-0.4, -0.2) is 66.4 Å². The normalized spacial score (nSPS) is 20.2. The summed E-state index contributed by atoms with van der Waals surface area (Å²) < 4.78 is 0. The van der Waals surface area contributed by atoms with Crippen molar-refractivity contribution in [3.05, 3.63) is 35.9 Å². The molecule has 0 bridgehead atoms. The molecule has 2 aliphatic rings. The van der Waals surface area contributed by atoms with Crippen molar-refractivity contribution in [1.82, 2.24) is 14.7 Å². The molecule has 1 aromatic rings. The largest absolute Gasteiger partial charge is 0.342 e. The van der Waals surface area contributed by atoms with Gasteiger partial charge in [0.05, 0.1) is 6.54 Å². The van der Waals surface area contributed by atoms with E-state index in [1.165, 1.54) is 31.2 Å². The van der Waals surface area contributed by atoms with Gasteiger partial charge in [0.15, 0.2) is 0 Å². The summed E-state index contributed by atoms with van der Waals surface area (Å²) in [6.45, 7) is 7.69. The fraction of sp³-hybridized carbons (Fsp3) is 0.632. The Kier molecular flexibility index (Phi) is 8.03. The van der Waals surface area contributed by atoms with E-state index in [0.717, 1.165) is 45.8 Å².